The van der Waals surface area contributed by atoms with Crippen LogP contribution in [0.3, 0.4) is 0 Å². The number of oxime groups is 1. The molecule has 2 rings (SSSR count). The number of nitrogens with two attached hydrogens (primary N) is 1. The van der Waals surface area contributed by atoms with Crippen molar-refractivity contribution >= 4 is 11.5 Å². The van der Waals surface area contributed by atoms with E-state index in [1.165, 1.54) is 11.6 Å². The van der Waals surface area contributed by atoms with Crippen molar-refractivity contribution in [1.29, 1.82) is 0 Å². The molecular formula is C16H18FN3O. The summed E-state index contributed by atoms with van der Waals surface area (Å²) >= 11 is 0. The van der Waals surface area contributed by atoms with E-state index in [0.717, 1.165) is 12.1 Å². The predicted molar refractivity (Wildman–Crippen MR) is 82.1 cm³/mol. The lowest BCUT2D eigenvalue weighted by Gasteiger charge is -2.12. The van der Waals surface area contributed by atoms with Crippen LogP contribution in [0, 0.1) is 5.82 Å². The Balaban J connectivity index is 2.14. The molecular weight excluding hydrogens is 269 g/mol. The minimum Gasteiger partial charge on any atom is -0.409 e. The second kappa shape index (κ2) is 6.74. The van der Waals surface area contributed by atoms with E-state index in [9.17, 15) is 4.39 Å². The van der Waals surface area contributed by atoms with Crippen molar-refractivity contribution in [3.8, 4) is 0 Å². The monoisotopic (exact) mass is 287 g/mol. The second-order valence-corrected chi connectivity index (χ2v) is 4.66. The Morgan fingerprint density at radius 2 is 2.00 bits per heavy atom. The van der Waals surface area contributed by atoms with Crippen LogP contribution in [0.2, 0.25) is 0 Å². The lowest BCUT2D eigenvalue weighted by atomic mass is 10.1. The molecule has 21 heavy (non-hydrogen) atoms. The molecule has 0 bridgehead atoms. The molecule has 0 saturated carbocycles. The van der Waals surface area contributed by atoms with Crippen molar-refractivity contribution in [2.75, 3.05) is 5.32 Å². The van der Waals surface area contributed by atoms with Crippen LogP contribution in [0.15, 0.2) is 47.6 Å². The second-order valence-electron chi connectivity index (χ2n) is 4.66. The van der Waals surface area contributed by atoms with Crippen LogP contribution in [0.5, 0.6) is 0 Å². The van der Waals surface area contributed by atoms with Crippen LogP contribution in [0.1, 0.15) is 23.6 Å². The highest BCUT2D eigenvalue weighted by molar-refractivity contribution is 5.97. The molecule has 0 aliphatic rings. The van der Waals surface area contributed by atoms with Gasteiger partial charge in [0.05, 0.1) is 0 Å². The van der Waals surface area contributed by atoms with Crippen molar-refractivity contribution in [1.82, 2.24) is 0 Å². The van der Waals surface area contributed by atoms with E-state index >= 15 is 0 Å². The fraction of sp³-hybridized carbons (Fsp3) is 0.188. The van der Waals surface area contributed by atoms with Gasteiger partial charge in [-0.05, 0) is 24.1 Å². The molecule has 0 heterocycles. The van der Waals surface area contributed by atoms with E-state index in [1.807, 2.05) is 24.3 Å². The summed E-state index contributed by atoms with van der Waals surface area (Å²) in [4.78, 5) is 0. The summed E-state index contributed by atoms with van der Waals surface area (Å²) in [6.45, 7) is 2.45. The van der Waals surface area contributed by atoms with Gasteiger partial charge in [-0.25, -0.2) is 4.39 Å². The van der Waals surface area contributed by atoms with Crippen LogP contribution < -0.4 is 11.1 Å². The largest absolute Gasteiger partial charge is 0.409 e. The van der Waals surface area contributed by atoms with Gasteiger partial charge in [0.15, 0.2) is 5.84 Å². The molecule has 0 atom stereocenters. The molecule has 0 radical (unpaired) electrons. The van der Waals surface area contributed by atoms with Gasteiger partial charge < -0.3 is 16.3 Å². The Labute approximate surface area is 123 Å². The highest BCUT2D eigenvalue weighted by atomic mass is 19.1. The maximum Gasteiger partial charge on any atom is 0.170 e. The average molecular weight is 287 g/mol. The van der Waals surface area contributed by atoms with E-state index < -0.39 is 0 Å². The third-order valence-electron chi connectivity index (χ3n) is 3.32. The number of para-hydroxylation sites is 1. The summed E-state index contributed by atoms with van der Waals surface area (Å²) in [7, 11) is 0. The van der Waals surface area contributed by atoms with Gasteiger partial charge in [0.2, 0.25) is 0 Å². The normalized spacial score (nSPS) is 11.4. The lowest BCUT2D eigenvalue weighted by Crippen LogP contribution is -2.14. The first-order valence-corrected chi connectivity index (χ1v) is 6.73. The Hall–Kier alpha value is -2.56. The molecule has 4 N–H and O–H groups in total. The number of hydrogen-bond donors (Lipinski definition) is 3. The molecule has 0 aromatic heterocycles. The van der Waals surface area contributed by atoms with Crippen molar-refractivity contribution < 1.29 is 9.60 Å². The van der Waals surface area contributed by atoms with Gasteiger partial charge in [-0.1, -0.05) is 42.4 Å². The van der Waals surface area contributed by atoms with Crippen LogP contribution in [0.4, 0.5) is 10.1 Å². The number of hydrogen-bond acceptors (Lipinski definition) is 3. The number of halogens is 1. The van der Waals surface area contributed by atoms with Gasteiger partial charge in [-0.15, -0.1) is 0 Å². The summed E-state index contributed by atoms with van der Waals surface area (Å²) in [6.07, 6.45) is 0.911. The first-order valence-electron chi connectivity index (χ1n) is 6.73. The number of nitrogens with one attached hydrogen (secondary N) is 1. The Morgan fingerprint density at radius 1 is 1.24 bits per heavy atom. The summed E-state index contributed by atoms with van der Waals surface area (Å²) < 4.78 is 14.0. The Kier molecular flexibility index (Phi) is 4.77. The highest BCUT2D eigenvalue weighted by Gasteiger charge is 2.07. The average Bonchev–Trinajstić information content (AvgIpc) is 2.53. The van der Waals surface area contributed by atoms with E-state index in [2.05, 4.69) is 17.4 Å². The third kappa shape index (κ3) is 3.51. The molecule has 0 amide bonds. The van der Waals surface area contributed by atoms with E-state index in [0.29, 0.717) is 17.7 Å². The molecule has 0 saturated heterocycles. The molecule has 110 valence electrons. The molecule has 4 nitrogen and oxygen atoms in total. The summed E-state index contributed by atoms with van der Waals surface area (Å²) in [5.41, 5.74) is 8.50. The smallest absolute Gasteiger partial charge is 0.170 e. The van der Waals surface area contributed by atoms with Gasteiger partial charge >= 0.3 is 0 Å². The standard InChI is InChI=1S/C16H18FN3O/c1-2-11-5-3-4-6-15(11)19-10-13-8-7-12(9-14(13)17)16(18)20-21/h3-9,19,21H,2,10H2,1H3,(H2,18,20). The van der Waals surface area contributed by atoms with Gasteiger partial charge in [0, 0.05) is 23.4 Å². The van der Waals surface area contributed by atoms with Crippen LogP contribution in [-0.4, -0.2) is 11.0 Å². The highest BCUT2D eigenvalue weighted by Crippen LogP contribution is 2.18. The number of rotatable bonds is 5. The number of benzene rings is 2. The van der Waals surface area contributed by atoms with Crippen molar-refractivity contribution in [3.05, 3.63) is 65.0 Å². The maximum atomic E-state index is 14.0. The van der Waals surface area contributed by atoms with Gasteiger partial charge in [0.25, 0.3) is 0 Å². The quantitative estimate of drug-likeness (QED) is 0.342. The molecule has 0 unspecified atom stereocenters. The van der Waals surface area contributed by atoms with Crippen LogP contribution in [-0.2, 0) is 13.0 Å². The summed E-state index contributed by atoms with van der Waals surface area (Å²) in [6, 6.07) is 12.5. The SMILES string of the molecule is CCc1ccccc1NCc1ccc(C(N)=NO)cc1F. The maximum absolute atomic E-state index is 14.0. The molecule has 5 heteroatoms. The Bertz CT molecular complexity index is 656. The minimum atomic E-state index is -0.388. The van der Waals surface area contributed by atoms with Gasteiger partial charge in [0.1, 0.15) is 5.82 Å². The minimum absolute atomic E-state index is 0.107. The van der Waals surface area contributed by atoms with E-state index in [4.69, 9.17) is 10.9 Å². The zero-order valence-electron chi connectivity index (χ0n) is 11.8. The van der Waals surface area contributed by atoms with Crippen molar-refractivity contribution in [2.45, 2.75) is 19.9 Å². The van der Waals surface area contributed by atoms with Crippen molar-refractivity contribution in [3.63, 3.8) is 0 Å². The Morgan fingerprint density at radius 3 is 2.67 bits per heavy atom. The molecule has 2 aromatic rings. The molecule has 0 aliphatic heterocycles. The summed E-state index contributed by atoms with van der Waals surface area (Å²) in [5.74, 6) is -0.495. The fourth-order valence-corrected chi connectivity index (χ4v) is 2.10. The van der Waals surface area contributed by atoms with E-state index in [1.54, 1.807) is 12.1 Å². The zero-order valence-corrected chi connectivity index (χ0v) is 11.8. The third-order valence-corrected chi connectivity index (χ3v) is 3.32. The molecule has 2 aromatic carbocycles. The van der Waals surface area contributed by atoms with Gasteiger partial charge in [-0.3, -0.25) is 0 Å². The number of aryl methyl sites for hydroxylation is 1. The molecule has 0 fully saturated rings. The summed E-state index contributed by atoms with van der Waals surface area (Å²) in [5, 5.41) is 14.7. The number of anilines is 1. The topological polar surface area (TPSA) is 70.6 Å². The van der Waals surface area contributed by atoms with Crippen molar-refractivity contribution in [2.24, 2.45) is 10.9 Å². The number of nitrogens with zero attached hydrogens (tertiary/aromatic N) is 1. The first-order chi connectivity index (χ1) is 10.2. The predicted octanol–water partition coefficient (Wildman–Crippen LogP) is 3.09. The fourth-order valence-electron chi connectivity index (χ4n) is 2.10. The molecule has 0 spiro atoms. The first kappa shape index (κ1) is 14.8. The van der Waals surface area contributed by atoms with Crippen LogP contribution in [0.25, 0.3) is 0 Å². The van der Waals surface area contributed by atoms with Crippen LogP contribution >= 0.6 is 0 Å². The van der Waals surface area contributed by atoms with E-state index in [-0.39, 0.29) is 11.7 Å². The van der Waals surface area contributed by atoms with Gasteiger partial charge in [-0.2, -0.15) is 0 Å². The molecule has 0 aliphatic carbocycles. The zero-order chi connectivity index (χ0) is 15.2. The lowest BCUT2D eigenvalue weighted by molar-refractivity contribution is 0.318. The number of amidine groups is 1.